The van der Waals surface area contributed by atoms with Crippen LogP contribution < -0.4 is 41.9 Å². The van der Waals surface area contributed by atoms with Crippen molar-refractivity contribution in [3.63, 3.8) is 0 Å². The van der Waals surface area contributed by atoms with Gasteiger partial charge in [-0.15, -0.1) is 0 Å². The van der Waals surface area contributed by atoms with Gasteiger partial charge in [0.1, 0.15) is 18.6 Å². The van der Waals surface area contributed by atoms with E-state index in [9.17, 15) is 24.6 Å². The van der Waals surface area contributed by atoms with E-state index >= 15 is 0 Å². The van der Waals surface area contributed by atoms with Crippen molar-refractivity contribution < 1.29 is 34.2 Å². The van der Waals surface area contributed by atoms with Crippen LogP contribution in [0.5, 0.6) is 0 Å². The highest BCUT2D eigenvalue weighted by molar-refractivity contribution is 5.96. The molecule has 1 saturated heterocycles. The van der Waals surface area contributed by atoms with Gasteiger partial charge in [-0.3, -0.25) is 23.9 Å². The molecule has 17 heteroatoms. The number of para-hydroxylation sites is 1. The molecule has 0 spiro atoms. The second kappa shape index (κ2) is 16.9. The molecule has 3 fully saturated rings. The molecule has 4 aliphatic rings. The van der Waals surface area contributed by atoms with Crippen LogP contribution in [0.4, 0.5) is 11.4 Å². The number of hydrogen-bond donors (Lipinski definition) is 7. The van der Waals surface area contributed by atoms with Crippen LogP contribution in [-0.4, -0.2) is 102 Å². The van der Waals surface area contributed by atoms with Gasteiger partial charge in [0.05, 0.1) is 41.0 Å². The second-order valence-corrected chi connectivity index (χ2v) is 15.2. The molecule has 7 rings (SSSR count). The highest BCUT2D eigenvalue weighted by Gasteiger charge is 2.51. The van der Waals surface area contributed by atoms with Crippen LogP contribution in [0.25, 0.3) is 11.1 Å². The molecule has 9 N–H and O–H groups in total. The van der Waals surface area contributed by atoms with E-state index in [1.165, 1.54) is 30.2 Å². The van der Waals surface area contributed by atoms with E-state index in [4.69, 9.17) is 21.4 Å². The highest BCUT2D eigenvalue weighted by atomic mass is 16.7. The Morgan fingerprint density at radius 2 is 1.75 bits per heavy atom. The number of allylic oxidation sites excluding steroid dienone is 1. The summed E-state index contributed by atoms with van der Waals surface area (Å²) >= 11 is 0. The predicted molar refractivity (Wildman–Crippen MR) is 214 cm³/mol. The largest absolute Gasteiger partial charge is 0.393 e. The van der Waals surface area contributed by atoms with Crippen LogP contribution in [0.15, 0.2) is 65.9 Å². The molecule has 306 valence electrons. The number of nitrogens with two attached hydrogens (primary N) is 2. The molecule has 0 bridgehead atoms. The Bertz CT molecular complexity index is 2050. The number of benzene rings is 1. The number of carbonyl (C=O) groups is 3. The van der Waals surface area contributed by atoms with E-state index in [1.54, 1.807) is 6.07 Å². The van der Waals surface area contributed by atoms with E-state index in [0.717, 1.165) is 65.9 Å². The number of likely N-dealkylation sites (tertiary alicyclic amines) is 1. The van der Waals surface area contributed by atoms with Crippen molar-refractivity contribution in [2.75, 3.05) is 58.1 Å². The maximum Gasteiger partial charge on any atom is 0.320 e. The number of rotatable bonds is 14. The van der Waals surface area contributed by atoms with Gasteiger partial charge in [0.2, 0.25) is 12.2 Å². The Hall–Kier alpha value is -5.49. The number of carbonyl (C=O) groups excluding carboxylic acids is 3. The van der Waals surface area contributed by atoms with E-state index in [0.29, 0.717) is 12.0 Å². The molecule has 2 aliphatic carbocycles. The van der Waals surface area contributed by atoms with Crippen molar-refractivity contribution in [1.82, 2.24) is 30.2 Å². The molecule has 2 amide bonds. The van der Waals surface area contributed by atoms with Crippen molar-refractivity contribution in [3.8, 4) is 11.1 Å². The van der Waals surface area contributed by atoms with E-state index in [1.807, 2.05) is 36.1 Å². The zero-order chi connectivity index (χ0) is 41.2. The quantitative estimate of drug-likeness (QED) is 0.0400. The van der Waals surface area contributed by atoms with Crippen LogP contribution in [-0.2, 0) is 15.5 Å². The number of anilines is 2. The van der Waals surface area contributed by atoms with Crippen LogP contribution in [0.2, 0.25) is 0 Å². The van der Waals surface area contributed by atoms with Gasteiger partial charge < -0.3 is 47.4 Å². The van der Waals surface area contributed by atoms with Gasteiger partial charge in [-0.05, 0) is 64.9 Å². The van der Waals surface area contributed by atoms with Crippen molar-refractivity contribution in [3.05, 3.63) is 83.0 Å². The summed E-state index contributed by atoms with van der Waals surface area (Å²) in [6.45, 7) is 5.89. The van der Waals surface area contributed by atoms with E-state index in [-0.39, 0.29) is 71.6 Å². The number of nitrogens with zero attached hydrogens (tertiary/aromatic N) is 6. The topological polar surface area (TPSA) is 220 Å². The first-order valence-electron chi connectivity index (χ1n) is 19.4. The third-order valence-corrected chi connectivity index (χ3v) is 10.8. The molecular weight excluding hydrogens is 731 g/mol. The summed E-state index contributed by atoms with van der Waals surface area (Å²) in [5.41, 5.74) is 17.4. The van der Waals surface area contributed by atoms with Crippen molar-refractivity contribution in [1.29, 1.82) is 0 Å². The highest BCUT2D eigenvalue weighted by Crippen LogP contribution is 2.50. The van der Waals surface area contributed by atoms with Gasteiger partial charge in [0.25, 0.3) is 11.6 Å². The zero-order valence-electron chi connectivity index (χ0n) is 33.5. The standard InChI is InChI=1S/C36H44N10O6.C4H11N/c1-4-28-33-25(16-39-45(33)23-17-44(18-23)36(50,51)29-10-5-7-22(19-47)46(29)52-3)24-8-6-9-26(32(24)43(28)2)41-27(31(38)35(49)40-21-13-14-21)15-30(37)42-34(48)20-11-12-20;1-4-5(2)3/h5-10,15-16,19-21,23,28,38,50-51H,4,11-14,17-18H2,1-3H3,(H5,37,40,41,42,47,48,49);4H2,1-3H3/p+1. The van der Waals surface area contributed by atoms with Gasteiger partial charge in [0, 0.05) is 66.2 Å². The lowest BCUT2D eigenvalue weighted by Gasteiger charge is -2.46. The average Bonchev–Trinajstić information content (AvgIpc) is 4.12. The Morgan fingerprint density at radius 3 is 2.35 bits per heavy atom. The summed E-state index contributed by atoms with van der Waals surface area (Å²) in [6, 6.07) is 10.2. The van der Waals surface area contributed by atoms with Crippen LogP contribution >= 0.6 is 0 Å². The average molecular weight is 787 g/mol. The first-order valence-corrected chi connectivity index (χ1v) is 19.4. The van der Waals surface area contributed by atoms with Gasteiger partial charge in [-0.25, -0.2) is 4.90 Å². The van der Waals surface area contributed by atoms with Crippen molar-refractivity contribution >= 4 is 29.5 Å². The fourth-order valence-electron chi connectivity index (χ4n) is 7.05. The lowest BCUT2D eigenvalue weighted by molar-refractivity contribution is -0.898. The predicted octanol–water partition coefficient (Wildman–Crippen LogP) is 1.02. The Morgan fingerprint density at radius 1 is 1.07 bits per heavy atom. The third kappa shape index (κ3) is 8.61. The number of pyridine rings is 1. The minimum absolute atomic E-state index is 0.00152. The Labute approximate surface area is 332 Å². The molecule has 3 aromatic rings. The SMILES string of the molecule is CCC1c2c(cnn2C2CN(C(O)(O)c3cccc(C=O)[n+]3OC)C2)-c2cccc(NC(/C=C(\N)NC(=O)C3CC3)=C(/N)C(=O)NC3CC3)c2N1C.CCN(C)C. The molecule has 2 saturated carbocycles. The van der Waals surface area contributed by atoms with Gasteiger partial charge in [-0.1, -0.05) is 26.0 Å². The number of fused-ring (bicyclic) bond motifs is 3. The molecule has 1 atom stereocenters. The minimum Gasteiger partial charge on any atom is -0.393 e. The molecule has 0 radical (unpaired) electrons. The monoisotopic (exact) mass is 786 g/mol. The number of nitrogens with one attached hydrogen (secondary N) is 3. The molecule has 17 nitrogen and oxygen atoms in total. The summed E-state index contributed by atoms with van der Waals surface area (Å²) < 4.78 is 3.06. The van der Waals surface area contributed by atoms with Gasteiger partial charge in [0.15, 0.2) is 0 Å². The third-order valence-electron chi connectivity index (χ3n) is 10.8. The summed E-state index contributed by atoms with van der Waals surface area (Å²) in [5, 5.41) is 36.3. The summed E-state index contributed by atoms with van der Waals surface area (Å²) in [7, 11) is 7.45. The fourth-order valence-corrected chi connectivity index (χ4v) is 7.05. The first kappa shape index (κ1) is 41.2. The number of aromatic nitrogens is 3. The summed E-state index contributed by atoms with van der Waals surface area (Å²) in [4.78, 5) is 48.2. The maximum atomic E-state index is 13.1. The summed E-state index contributed by atoms with van der Waals surface area (Å²) in [5.74, 6) is -2.97. The fraction of sp³-hybridized carbons (Fsp3) is 0.475. The second-order valence-electron chi connectivity index (χ2n) is 15.2. The lowest BCUT2D eigenvalue weighted by Crippen LogP contribution is -2.64. The van der Waals surface area contributed by atoms with Gasteiger partial charge >= 0.3 is 11.6 Å². The molecule has 1 aromatic carbocycles. The smallest absolute Gasteiger partial charge is 0.320 e. The first-order chi connectivity index (χ1) is 27.2. The minimum atomic E-state index is -2.41. The van der Waals surface area contributed by atoms with Gasteiger partial charge in [-0.2, -0.15) is 5.10 Å². The zero-order valence-corrected chi connectivity index (χ0v) is 33.5. The maximum absolute atomic E-state index is 13.1. The molecule has 2 aromatic heterocycles. The number of amides is 2. The van der Waals surface area contributed by atoms with E-state index in [2.05, 4.69) is 53.7 Å². The van der Waals surface area contributed by atoms with E-state index < -0.39 is 11.8 Å². The Kier molecular flexibility index (Phi) is 12.2. The number of aliphatic hydroxyl groups is 2. The van der Waals surface area contributed by atoms with Crippen molar-refractivity contribution in [2.45, 2.75) is 70.0 Å². The Balaban J connectivity index is 0.00000103. The molecule has 1 unspecified atom stereocenters. The van der Waals surface area contributed by atoms with Crippen molar-refractivity contribution in [2.24, 2.45) is 17.4 Å². The van der Waals surface area contributed by atoms with Crippen LogP contribution in [0, 0.1) is 5.92 Å². The number of aldehydes is 1. The number of hydrogen-bond acceptors (Lipinski definition) is 13. The molecule has 2 aliphatic heterocycles. The molecule has 4 heterocycles. The lowest BCUT2D eigenvalue weighted by atomic mass is 9.91. The molecular formula is C40H56N11O6+. The summed E-state index contributed by atoms with van der Waals surface area (Å²) in [6.07, 6.45) is 8.05. The molecule has 57 heavy (non-hydrogen) atoms. The van der Waals surface area contributed by atoms with Crippen LogP contribution in [0.3, 0.4) is 0 Å². The normalized spacial score (nSPS) is 18.6. The van der Waals surface area contributed by atoms with Crippen LogP contribution in [0.1, 0.15) is 79.9 Å².